The number of aromatic amines is 2. The second kappa shape index (κ2) is 6.10. The lowest BCUT2D eigenvalue weighted by atomic mass is 10.2. The fourth-order valence-corrected chi connectivity index (χ4v) is 2.60. The molecule has 0 saturated carbocycles. The number of aromatic nitrogens is 4. The summed E-state index contributed by atoms with van der Waals surface area (Å²) in [5.41, 5.74) is 0.372. The summed E-state index contributed by atoms with van der Waals surface area (Å²) in [5.74, 6) is 2.82. The summed E-state index contributed by atoms with van der Waals surface area (Å²) in [6.07, 6.45) is 2.55. The molecule has 6 nitrogen and oxygen atoms in total. The summed E-state index contributed by atoms with van der Waals surface area (Å²) in [6.45, 7) is 4.29. The van der Waals surface area contributed by atoms with Gasteiger partial charge in [-0.1, -0.05) is 6.92 Å². The van der Waals surface area contributed by atoms with E-state index in [2.05, 4.69) is 34.0 Å². The summed E-state index contributed by atoms with van der Waals surface area (Å²) in [7, 11) is 1.95. The highest BCUT2D eigenvalue weighted by molar-refractivity contribution is 7.99. The van der Waals surface area contributed by atoms with E-state index in [1.54, 1.807) is 0 Å². The molecule has 0 aliphatic carbocycles. The minimum absolute atomic E-state index is 0.157. The van der Waals surface area contributed by atoms with E-state index in [0.29, 0.717) is 23.0 Å². The van der Waals surface area contributed by atoms with Gasteiger partial charge in [0.1, 0.15) is 5.39 Å². The largest absolute Gasteiger partial charge is 0.343 e. The Morgan fingerprint density at radius 1 is 1.53 bits per heavy atom. The maximum atomic E-state index is 11.9. The van der Waals surface area contributed by atoms with Crippen LogP contribution in [-0.2, 0) is 0 Å². The Morgan fingerprint density at radius 2 is 2.32 bits per heavy atom. The lowest BCUT2D eigenvalue weighted by Crippen LogP contribution is -2.32. The van der Waals surface area contributed by atoms with Gasteiger partial charge in [-0.15, -0.1) is 0 Å². The smallest absolute Gasteiger partial charge is 0.263 e. The zero-order chi connectivity index (χ0) is 13.8. The summed E-state index contributed by atoms with van der Waals surface area (Å²) in [5, 5.41) is 7.07. The molecule has 2 rings (SSSR count). The molecule has 0 saturated heterocycles. The van der Waals surface area contributed by atoms with Crippen LogP contribution < -0.4 is 10.5 Å². The van der Waals surface area contributed by atoms with Gasteiger partial charge in [-0.05, 0) is 24.9 Å². The van der Waals surface area contributed by atoms with Crippen molar-refractivity contribution >= 4 is 28.7 Å². The predicted molar refractivity (Wildman–Crippen MR) is 80.0 cm³/mol. The van der Waals surface area contributed by atoms with Gasteiger partial charge in [0.25, 0.3) is 5.56 Å². The molecule has 2 aromatic rings. The monoisotopic (exact) mass is 281 g/mol. The standard InChI is InChI=1S/C12H19N5OS/c1-4-19-6-5-8(2)17(3)12-14-10-9(7-13-16-10)11(18)15-12/h7-8H,4-6H2,1-3H3,(H2,13,14,15,16,18). The van der Waals surface area contributed by atoms with Gasteiger partial charge in [0.2, 0.25) is 5.95 Å². The SMILES string of the molecule is CCSCCC(C)N(C)c1nc2[nH]ncc2c(=O)[nH]1. The van der Waals surface area contributed by atoms with Crippen LogP contribution in [0.2, 0.25) is 0 Å². The zero-order valence-corrected chi connectivity index (χ0v) is 12.3. The van der Waals surface area contributed by atoms with E-state index < -0.39 is 0 Å². The van der Waals surface area contributed by atoms with Gasteiger partial charge in [0, 0.05) is 13.1 Å². The first kappa shape index (κ1) is 13.9. The van der Waals surface area contributed by atoms with Crippen LogP contribution in [0.3, 0.4) is 0 Å². The van der Waals surface area contributed by atoms with Gasteiger partial charge in [-0.25, -0.2) is 0 Å². The van der Waals surface area contributed by atoms with Crippen molar-refractivity contribution in [3.05, 3.63) is 16.6 Å². The van der Waals surface area contributed by atoms with Crippen molar-refractivity contribution in [2.24, 2.45) is 0 Å². The molecule has 7 heteroatoms. The summed E-state index contributed by atoms with van der Waals surface area (Å²) < 4.78 is 0. The van der Waals surface area contributed by atoms with Crippen molar-refractivity contribution < 1.29 is 0 Å². The van der Waals surface area contributed by atoms with Crippen molar-refractivity contribution in [3.8, 4) is 0 Å². The lowest BCUT2D eigenvalue weighted by Gasteiger charge is -2.25. The third kappa shape index (κ3) is 3.09. The molecule has 0 aliphatic heterocycles. The van der Waals surface area contributed by atoms with Crippen LogP contribution in [0.5, 0.6) is 0 Å². The number of rotatable bonds is 6. The van der Waals surface area contributed by atoms with Crippen LogP contribution in [0, 0.1) is 0 Å². The van der Waals surface area contributed by atoms with Crippen LogP contribution in [0.25, 0.3) is 11.0 Å². The van der Waals surface area contributed by atoms with Crippen LogP contribution in [0.1, 0.15) is 20.3 Å². The Bertz CT molecular complexity index is 593. The Balaban J connectivity index is 2.16. The van der Waals surface area contributed by atoms with E-state index in [4.69, 9.17) is 0 Å². The van der Waals surface area contributed by atoms with Gasteiger partial charge < -0.3 is 4.90 Å². The number of thioether (sulfide) groups is 1. The second-order valence-electron chi connectivity index (χ2n) is 4.47. The van der Waals surface area contributed by atoms with Crippen LogP contribution in [0.4, 0.5) is 5.95 Å². The Hall–Kier alpha value is -1.50. The Labute approximate surface area is 116 Å². The molecule has 0 bridgehead atoms. The first-order valence-corrected chi connectivity index (χ1v) is 7.53. The molecule has 0 spiro atoms. The number of fused-ring (bicyclic) bond motifs is 1. The minimum Gasteiger partial charge on any atom is -0.343 e. The third-order valence-corrected chi connectivity index (χ3v) is 4.12. The highest BCUT2D eigenvalue weighted by Crippen LogP contribution is 2.14. The Kier molecular flexibility index (Phi) is 4.47. The molecule has 0 fully saturated rings. The summed E-state index contributed by atoms with van der Waals surface area (Å²) in [6, 6.07) is 0.322. The van der Waals surface area contributed by atoms with Crippen LogP contribution >= 0.6 is 11.8 Å². The molecule has 2 aromatic heterocycles. The van der Waals surface area contributed by atoms with Crippen LogP contribution in [0.15, 0.2) is 11.0 Å². The number of H-pyrrole nitrogens is 2. The second-order valence-corrected chi connectivity index (χ2v) is 5.86. The number of hydrogen-bond donors (Lipinski definition) is 2. The molecule has 1 unspecified atom stereocenters. The molecular weight excluding hydrogens is 262 g/mol. The van der Waals surface area contributed by atoms with E-state index in [1.165, 1.54) is 6.20 Å². The molecule has 0 radical (unpaired) electrons. The van der Waals surface area contributed by atoms with Gasteiger partial charge in [-0.3, -0.25) is 14.9 Å². The van der Waals surface area contributed by atoms with E-state index in [-0.39, 0.29) is 5.56 Å². The van der Waals surface area contributed by atoms with E-state index in [1.807, 2.05) is 23.7 Å². The molecule has 2 N–H and O–H groups in total. The minimum atomic E-state index is -0.157. The molecular formula is C12H19N5OS. The molecule has 0 aliphatic rings. The maximum Gasteiger partial charge on any atom is 0.263 e. The third-order valence-electron chi connectivity index (χ3n) is 3.19. The van der Waals surface area contributed by atoms with Crippen molar-refractivity contribution in [2.75, 3.05) is 23.5 Å². The fraction of sp³-hybridized carbons (Fsp3) is 0.583. The number of nitrogens with one attached hydrogen (secondary N) is 2. The van der Waals surface area contributed by atoms with Gasteiger partial charge in [0.05, 0.1) is 6.20 Å². The van der Waals surface area contributed by atoms with Crippen molar-refractivity contribution in [3.63, 3.8) is 0 Å². The number of anilines is 1. The average molecular weight is 281 g/mol. The van der Waals surface area contributed by atoms with E-state index in [0.717, 1.165) is 17.9 Å². The Morgan fingerprint density at radius 3 is 3.05 bits per heavy atom. The number of nitrogens with zero attached hydrogens (tertiary/aromatic N) is 3. The number of hydrogen-bond acceptors (Lipinski definition) is 5. The molecule has 104 valence electrons. The van der Waals surface area contributed by atoms with E-state index >= 15 is 0 Å². The first-order valence-electron chi connectivity index (χ1n) is 6.37. The molecule has 0 aromatic carbocycles. The maximum absolute atomic E-state index is 11.9. The summed E-state index contributed by atoms with van der Waals surface area (Å²) >= 11 is 1.92. The fourth-order valence-electron chi connectivity index (χ4n) is 1.80. The zero-order valence-electron chi connectivity index (χ0n) is 11.4. The van der Waals surface area contributed by atoms with Crippen molar-refractivity contribution in [2.45, 2.75) is 26.3 Å². The predicted octanol–water partition coefficient (Wildman–Crippen LogP) is 1.61. The quantitative estimate of drug-likeness (QED) is 0.787. The molecule has 1 atom stereocenters. The van der Waals surface area contributed by atoms with Gasteiger partial charge in [0.15, 0.2) is 5.65 Å². The molecule has 2 heterocycles. The van der Waals surface area contributed by atoms with Crippen molar-refractivity contribution in [1.82, 2.24) is 20.2 Å². The van der Waals surface area contributed by atoms with Crippen LogP contribution in [-0.4, -0.2) is 44.8 Å². The topological polar surface area (TPSA) is 77.7 Å². The highest BCUT2D eigenvalue weighted by atomic mass is 32.2. The average Bonchev–Trinajstić information content (AvgIpc) is 2.86. The van der Waals surface area contributed by atoms with E-state index in [9.17, 15) is 4.79 Å². The van der Waals surface area contributed by atoms with Gasteiger partial charge >= 0.3 is 0 Å². The lowest BCUT2D eigenvalue weighted by molar-refractivity contribution is 0.653. The summed E-state index contributed by atoms with van der Waals surface area (Å²) in [4.78, 5) is 21.1. The molecule has 19 heavy (non-hydrogen) atoms. The van der Waals surface area contributed by atoms with Gasteiger partial charge in [-0.2, -0.15) is 21.8 Å². The normalized spacial score (nSPS) is 12.8. The van der Waals surface area contributed by atoms with Crippen molar-refractivity contribution in [1.29, 1.82) is 0 Å². The highest BCUT2D eigenvalue weighted by Gasteiger charge is 2.14. The first-order chi connectivity index (χ1) is 9.13. The molecule has 0 amide bonds.